The van der Waals surface area contributed by atoms with Gasteiger partial charge in [0.05, 0.1) is 13.2 Å². The fourth-order valence-corrected chi connectivity index (χ4v) is 2.91. The van der Waals surface area contributed by atoms with E-state index in [2.05, 4.69) is 10.9 Å². The van der Waals surface area contributed by atoms with E-state index in [4.69, 9.17) is 11.5 Å². The van der Waals surface area contributed by atoms with Crippen LogP contribution in [0.5, 0.6) is 0 Å². The summed E-state index contributed by atoms with van der Waals surface area (Å²) in [7, 11) is -3.57. The molecule has 0 atom stereocenters. The van der Waals surface area contributed by atoms with Crippen LogP contribution in [0.4, 0.5) is 0 Å². The standard InChI is InChI=1S/C11H16N2O3S/c1-3-5-13(6-4-2)17(15,16)11-7-10(9-14)12-8-11/h1,7-8,12,14H,4-6,9H2,2H3. The van der Waals surface area contributed by atoms with Crippen LogP contribution in [0.2, 0.25) is 0 Å². The second-order valence-electron chi connectivity index (χ2n) is 3.56. The summed E-state index contributed by atoms with van der Waals surface area (Å²) < 4.78 is 25.6. The number of aromatic nitrogens is 1. The van der Waals surface area contributed by atoms with E-state index >= 15 is 0 Å². The molecule has 0 amide bonds. The molecule has 2 N–H and O–H groups in total. The molecular formula is C11H16N2O3S. The highest BCUT2D eigenvalue weighted by Gasteiger charge is 2.23. The van der Waals surface area contributed by atoms with Gasteiger partial charge in [-0.05, 0) is 12.5 Å². The molecule has 6 heteroatoms. The van der Waals surface area contributed by atoms with E-state index in [0.717, 1.165) is 0 Å². The summed E-state index contributed by atoms with van der Waals surface area (Å²) in [6, 6.07) is 1.41. The van der Waals surface area contributed by atoms with E-state index in [1.807, 2.05) is 6.92 Å². The van der Waals surface area contributed by atoms with E-state index in [0.29, 0.717) is 18.7 Å². The van der Waals surface area contributed by atoms with Crippen LogP contribution in [0.15, 0.2) is 17.2 Å². The maximum Gasteiger partial charge on any atom is 0.245 e. The van der Waals surface area contributed by atoms with Crippen LogP contribution in [-0.4, -0.2) is 35.9 Å². The van der Waals surface area contributed by atoms with Gasteiger partial charge in [0.2, 0.25) is 10.0 Å². The second-order valence-corrected chi connectivity index (χ2v) is 5.50. The Morgan fingerprint density at radius 1 is 1.59 bits per heavy atom. The zero-order chi connectivity index (χ0) is 12.9. The number of H-pyrrole nitrogens is 1. The van der Waals surface area contributed by atoms with Gasteiger partial charge in [-0.15, -0.1) is 6.42 Å². The minimum absolute atomic E-state index is 0.0514. The van der Waals surface area contributed by atoms with Crippen molar-refractivity contribution in [1.82, 2.24) is 9.29 Å². The Morgan fingerprint density at radius 3 is 2.76 bits per heavy atom. The molecule has 0 spiro atoms. The summed E-state index contributed by atoms with van der Waals surface area (Å²) in [5.74, 6) is 2.34. The number of hydrogen-bond acceptors (Lipinski definition) is 3. The van der Waals surface area contributed by atoms with Crippen LogP contribution in [0, 0.1) is 12.3 Å². The Balaban J connectivity index is 3.03. The lowest BCUT2D eigenvalue weighted by Crippen LogP contribution is -2.32. The maximum atomic E-state index is 12.2. The van der Waals surface area contributed by atoms with Crippen LogP contribution < -0.4 is 0 Å². The lowest BCUT2D eigenvalue weighted by Gasteiger charge is -2.17. The van der Waals surface area contributed by atoms with Crippen molar-refractivity contribution >= 4 is 10.0 Å². The highest BCUT2D eigenvalue weighted by Crippen LogP contribution is 2.16. The Kier molecular flexibility index (Phi) is 4.75. The number of aliphatic hydroxyl groups is 1. The molecule has 1 rings (SSSR count). The van der Waals surface area contributed by atoms with Crippen LogP contribution >= 0.6 is 0 Å². The summed E-state index contributed by atoms with van der Waals surface area (Å²) in [6.45, 7) is 2.09. The van der Waals surface area contributed by atoms with Crippen molar-refractivity contribution in [3.05, 3.63) is 18.0 Å². The highest BCUT2D eigenvalue weighted by molar-refractivity contribution is 7.89. The van der Waals surface area contributed by atoms with E-state index in [9.17, 15) is 8.42 Å². The summed E-state index contributed by atoms with van der Waals surface area (Å²) in [5.41, 5.74) is 0.459. The van der Waals surface area contributed by atoms with Crippen molar-refractivity contribution in [3.63, 3.8) is 0 Å². The first-order valence-corrected chi connectivity index (χ1v) is 6.72. The number of sulfonamides is 1. The fourth-order valence-electron chi connectivity index (χ4n) is 1.44. The first-order chi connectivity index (χ1) is 8.06. The number of terminal acetylenes is 1. The molecule has 0 fully saturated rings. The predicted molar refractivity (Wildman–Crippen MR) is 64.6 cm³/mol. The smallest absolute Gasteiger partial charge is 0.245 e. The Morgan fingerprint density at radius 2 is 2.29 bits per heavy atom. The van der Waals surface area contributed by atoms with Crippen LogP contribution in [0.3, 0.4) is 0 Å². The number of aromatic amines is 1. The molecule has 1 aromatic rings. The van der Waals surface area contributed by atoms with Gasteiger partial charge in [0, 0.05) is 18.4 Å². The van der Waals surface area contributed by atoms with Crippen molar-refractivity contribution < 1.29 is 13.5 Å². The molecule has 0 radical (unpaired) electrons. The van der Waals surface area contributed by atoms with Crippen LogP contribution in [0.1, 0.15) is 19.0 Å². The van der Waals surface area contributed by atoms with Gasteiger partial charge in [-0.2, -0.15) is 4.31 Å². The second kappa shape index (κ2) is 5.87. The first-order valence-electron chi connectivity index (χ1n) is 5.28. The van der Waals surface area contributed by atoms with Gasteiger partial charge in [-0.1, -0.05) is 12.8 Å². The summed E-state index contributed by atoms with van der Waals surface area (Å²) in [6.07, 6.45) is 7.22. The Hall–Kier alpha value is -1.29. The molecule has 1 aromatic heterocycles. The summed E-state index contributed by atoms with van der Waals surface area (Å²) >= 11 is 0. The molecule has 0 aliphatic carbocycles. The zero-order valence-corrected chi connectivity index (χ0v) is 10.5. The topological polar surface area (TPSA) is 73.4 Å². The fraction of sp³-hybridized carbons (Fsp3) is 0.455. The molecule has 5 nitrogen and oxygen atoms in total. The Bertz CT molecular complexity index is 499. The molecule has 0 aliphatic rings. The largest absolute Gasteiger partial charge is 0.390 e. The molecule has 0 bridgehead atoms. The molecule has 0 unspecified atom stereocenters. The van der Waals surface area contributed by atoms with Crippen molar-refractivity contribution in [2.24, 2.45) is 0 Å². The van der Waals surface area contributed by atoms with Gasteiger partial charge in [0.1, 0.15) is 4.90 Å². The number of hydrogen-bond donors (Lipinski definition) is 2. The number of rotatable bonds is 6. The average Bonchev–Trinajstić information content (AvgIpc) is 2.78. The molecular weight excluding hydrogens is 240 g/mol. The van der Waals surface area contributed by atoms with Gasteiger partial charge in [-0.3, -0.25) is 0 Å². The summed E-state index contributed by atoms with van der Waals surface area (Å²) in [5, 5.41) is 8.89. The van der Waals surface area contributed by atoms with Crippen molar-refractivity contribution in [1.29, 1.82) is 0 Å². The van der Waals surface area contributed by atoms with E-state index in [-0.39, 0.29) is 18.0 Å². The first kappa shape index (κ1) is 13.8. The van der Waals surface area contributed by atoms with Crippen LogP contribution in [0.25, 0.3) is 0 Å². The van der Waals surface area contributed by atoms with E-state index < -0.39 is 10.0 Å². The zero-order valence-electron chi connectivity index (χ0n) is 9.68. The van der Waals surface area contributed by atoms with Crippen molar-refractivity contribution in [2.75, 3.05) is 13.1 Å². The van der Waals surface area contributed by atoms with Gasteiger partial charge in [0.15, 0.2) is 0 Å². The molecule has 0 aliphatic heterocycles. The molecule has 94 valence electrons. The lowest BCUT2D eigenvalue weighted by molar-refractivity contribution is 0.277. The molecule has 0 aromatic carbocycles. The predicted octanol–water partition coefficient (Wildman–Crippen LogP) is 0.541. The summed E-state index contributed by atoms with van der Waals surface area (Å²) in [4.78, 5) is 2.82. The molecule has 1 heterocycles. The Labute approximate surface area is 102 Å². The minimum atomic E-state index is -3.57. The third-order valence-corrected chi connectivity index (χ3v) is 4.09. The van der Waals surface area contributed by atoms with Crippen molar-refractivity contribution in [3.8, 4) is 12.3 Å². The maximum absolute atomic E-state index is 12.2. The van der Waals surface area contributed by atoms with E-state index in [1.54, 1.807) is 0 Å². The van der Waals surface area contributed by atoms with Gasteiger partial charge in [0.25, 0.3) is 0 Å². The highest BCUT2D eigenvalue weighted by atomic mass is 32.2. The van der Waals surface area contributed by atoms with Crippen molar-refractivity contribution in [2.45, 2.75) is 24.8 Å². The average molecular weight is 256 g/mol. The number of nitrogens with zero attached hydrogens (tertiary/aromatic N) is 1. The normalized spacial score (nSPS) is 11.6. The molecule has 17 heavy (non-hydrogen) atoms. The van der Waals surface area contributed by atoms with Gasteiger partial charge >= 0.3 is 0 Å². The minimum Gasteiger partial charge on any atom is -0.390 e. The number of aliphatic hydroxyl groups excluding tert-OH is 1. The number of nitrogens with one attached hydrogen (secondary N) is 1. The third kappa shape index (κ3) is 3.09. The molecule has 0 saturated heterocycles. The van der Waals surface area contributed by atoms with Crippen LogP contribution in [-0.2, 0) is 16.6 Å². The van der Waals surface area contributed by atoms with E-state index in [1.165, 1.54) is 16.6 Å². The third-order valence-electron chi connectivity index (χ3n) is 2.27. The SMILES string of the molecule is C#CCN(CCC)S(=O)(=O)c1c[nH]c(CO)c1. The monoisotopic (exact) mass is 256 g/mol. The van der Waals surface area contributed by atoms with Gasteiger partial charge in [-0.25, -0.2) is 8.42 Å². The van der Waals surface area contributed by atoms with Gasteiger partial charge < -0.3 is 10.1 Å². The lowest BCUT2D eigenvalue weighted by atomic mass is 10.5. The molecule has 0 saturated carbocycles. The quantitative estimate of drug-likeness (QED) is 0.730.